The third-order valence-electron chi connectivity index (χ3n) is 5.70. The average molecular weight is 528 g/mol. The summed E-state index contributed by atoms with van der Waals surface area (Å²) in [5, 5.41) is 11.4. The molecule has 1 aliphatic rings. The summed E-state index contributed by atoms with van der Waals surface area (Å²) >= 11 is 3.32. The number of nitrogens with one attached hydrogen (secondary N) is 1. The van der Waals surface area contributed by atoms with E-state index < -0.39 is 5.60 Å². The second-order valence-electron chi connectivity index (χ2n) is 9.58. The largest absolute Gasteiger partial charge is 0.468 e. The Morgan fingerprint density at radius 3 is 2.42 bits per heavy atom. The molecule has 0 amide bonds. The van der Waals surface area contributed by atoms with Crippen LogP contribution in [-0.4, -0.2) is 85.6 Å². The SMILES string of the molecule is COC(=O)CN(CCNCC(=O)OC(C)(C)C)C1CCC(CN(C)c2ccc(Br)nn2)CC1. The van der Waals surface area contributed by atoms with Crippen LogP contribution in [0.4, 0.5) is 5.82 Å². The van der Waals surface area contributed by atoms with Crippen LogP contribution in [0.5, 0.6) is 0 Å². The molecular weight excluding hydrogens is 490 g/mol. The van der Waals surface area contributed by atoms with Crippen molar-refractivity contribution in [2.75, 3.05) is 51.8 Å². The number of halogens is 1. The number of rotatable bonds is 11. The van der Waals surface area contributed by atoms with Crippen molar-refractivity contribution in [2.45, 2.75) is 58.1 Å². The van der Waals surface area contributed by atoms with E-state index in [2.05, 4.69) is 41.2 Å². The van der Waals surface area contributed by atoms with Crippen molar-refractivity contribution in [1.82, 2.24) is 20.4 Å². The molecule has 9 nitrogen and oxygen atoms in total. The molecule has 1 aromatic heterocycles. The number of ether oxygens (including phenoxy) is 2. The molecule has 0 saturated heterocycles. The van der Waals surface area contributed by atoms with Crippen LogP contribution in [-0.2, 0) is 19.1 Å². The quantitative estimate of drug-likeness (QED) is 0.344. The van der Waals surface area contributed by atoms with E-state index in [0.29, 0.717) is 25.0 Å². The van der Waals surface area contributed by atoms with Crippen LogP contribution in [0.15, 0.2) is 16.7 Å². The molecular formula is C23H38BrN5O4. The summed E-state index contributed by atoms with van der Waals surface area (Å²) in [6.45, 7) is 8.16. The van der Waals surface area contributed by atoms with E-state index in [1.54, 1.807) is 0 Å². The maximum absolute atomic E-state index is 12.0. The molecule has 1 heterocycles. The highest BCUT2D eigenvalue weighted by Gasteiger charge is 2.28. The number of nitrogens with zero attached hydrogens (tertiary/aromatic N) is 4. The smallest absolute Gasteiger partial charge is 0.320 e. The molecule has 1 aliphatic carbocycles. The van der Waals surface area contributed by atoms with Crippen molar-refractivity contribution in [1.29, 1.82) is 0 Å². The number of hydrogen-bond acceptors (Lipinski definition) is 9. The van der Waals surface area contributed by atoms with Gasteiger partial charge in [0.2, 0.25) is 0 Å². The van der Waals surface area contributed by atoms with Crippen molar-refractivity contribution in [3.63, 3.8) is 0 Å². The molecule has 0 unspecified atom stereocenters. The van der Waals surface area contributed by atoms with Crippen LogP contribution in [0.1, 0.15) is 46.5 Å². The number of carbonyl (C=O) groups excluding carboxylic acids is 2. The fraction of sp³-hybridized carbons (Fsp3) is 0.739. The second kappa shape index (κ2) is 13.2. The summed E-state index contributed by atoms with van der Waals surface area (Å²) in [7, 11) is 3.46. The lowest BCUT2D eigenvalue weighted by atomic mass is 9.85. The van der Waals surface area contributed by atoms with Crippen LogP contribution < -0.4 is 10.2 Å². The highest BCUT2D eigenvalue weighted by Crippen LogP contribution is 2.29. The fourth-order valence-electron chi connectivity index (χ4n) is 4.10. The van der Waals surface area contributed by atoms with Gasteiger partial charge in [0.25, 0.3) is 0 Å². The summed E-state index contributed by atoms with van der Waals surface area (Å²) in [4.78, 5) is 28.2. The van der Waals surface area contributed by atoms with Crippen LogP contribution in [0, 0.1) is 5.92 Å². The lowest BCUT2D eigenvalue weighted by molar-refractivity contribution is -0.153. The van der Waals surface area contributed by atoms with Gasteiger partial charge in [-0.05, 0) is 80.4 Å². The van der Waals surface area contributed by atoms with Crippen molar-refractivity contribution < 1.29 is 19.1 Å². The third kappa shape index (κ3) is 10.4. The number of carbonyl (C=O) groups is 2. The molecule has 33 heavy (non-hydrogen) atoms. The van der Waals surface area contributed by atoms with Crippen LogP contribution in [0.25, 0.3) is 0 Å². The van der Waals surface area contributed by atoms with Crippen LogP contribution in [0.3, 0.4) is 0 Å². The maximum atomic E-state index is 12.0. The van der Waals surface area contributed by atoms with E-state index in [-0.39, 0.29) is 25.0 Å². The first-order valence-corrected chi connectivity index (χ1v) is 12.3. The molecule has 0 bridgehead atoms. The van der Waals surface area contributed by atoms with Crippen LogP contribution >= 0.6 is 15.9 Å². The summed E-state index contributed by atoms with van der Waals surface area (Å²) in [5.41, 5.74) is -0.494. The molecule has 1 fully saturated rings. The Bertz CT molecular complexity index is 748. The van der Waals surface area contributed by atoms with E-state index in [9.17, 15) is 9.59 Å². The Labute approximate surface area is 205 Å². The molecule has 0 aromatic carbocycles. The minimum atomic E-state index is -0.494. The van der Waals surface area contributed by atoms with Crippen molar-refractivity contribution in [2.24, 2.45) is 5.92 Å². The molecule has 186 valence electrons. The predicted molar refractivity (Wildman–Crippen MR) is 131 cm³/mol. The minimum Gasteiger partial charge on any atom is -0.468 e. The van der Waals surface area contributed by atoms with Crippen molar-refractivity contribution in [3.05, 3.63) is 16.7 Å². The normalized spacial score (nSPS) is 18.8. The number of anilines is 1. The topological polar surface area (TPSA) is 96.9 Å². The van der Waals surface area contributed by atoms with Gasteiger partial charge in [0.1, 0.15) is 10.2 Å². The molecule has 0 atom stereocenters. The van der Waals surface area contributed by atoms with Gasteiger partial charge < -0.3 is 19.7 Å². The predicted octanol–water partition coefficient (Wildman–Crippen LogP) is 2.64. The summed E-state index contributed by atoms with van der Waals surface area (Å²) < 4.78 is 11.0. The zero-order chi connectivity index (χ0) is 24.4. The first kappa shape index (κ1) is 27.5. The minimum absolute atomic E-state index is 0.154. The Kier molecular flexibility index (Phi) is 11.0. The third-order valence-corrected chi connectivity index (χ3v) is 6.12. The lowest BCUT2D eigenvalue weighted by Gasteiger charge is -2.37. The van der Waals surface area contributed by atoms with Crippen LogP contribution in [0.2, 0.25) is 0 Å². The maximum Gasteiger partial charge on any atom is 0.320 e. The molecule has 1 N–H and O–H groups in total. The zero-order valence-electron chi connectivity index (χ0n) is 20.5. The number of hydrogen-bond donors (Lipinski definition) is 1. The van der Waals surface area contributed by atoms with Gasteiger partial charge in [-0.1, -0.05) is 0 Å². The number of aromatic nitrogens is 2. The Balaban J connectivity index is 1.80. The highest BCUT2D eigenvalue weighted by molar-refractivity contribution is 9.10. The zero-order valence-corrected chi connectivity index (χ0v) is 22.1. The molecule has 0 spiro atoms. The monoisotopic (exact) mass is 527 g/mol. The van der Waals surface area contributed by atoms with Gasteiger partial charge in [0, 0.05) is 32.7 Å². The molecule has 0 radical (unpaired) electrons. The summed E-state index contributed by atoms with van der Waals surface area (Å²) in [6.07, 6.45) is 4.21. The Hall–Kier alpha value is -1.78. The first-order valence-electron chi connectivity index (χ1n) is 11.5. The standard InChI is InChI=1S/C23H38BrN5O4/c1-23(2,3)33-21(30)14-25-12-13-29(16-22(31)32-5)18-8-6-17(7-9-18)15-28(4)20-11-10-19(24)26-27-20/h10-11,17-18,25H,6-9,12-16H2,1-5H3. The molecule has 1 aromatic rings. The molecule has 0 aliphatic heterocycles. The van der Waals surface area contributed by atoms with Crippen molar-refractivity contribution >= 4 is 33.7 Å². The van der Waals surface area contributed by atoms with E-state index in [4.69, 9.17) is 9.47 Å². The lowest BCUT2D eigenvalue weighted by Crippen LogP contribution is -2.46. The number of methoxy groups -OCH3 is 1. The van der Waals surface area contributed by atoms with Gasteiger partial charge in [0.05, 0.1) is 20.2 Å². The first-order chi connectivity index (χ1) is 15.6. The van der Waals surface area contributed by atoms with E-state index in [0.717, 1.165) is 42.6 Å². The van der Waals surface area contributed by atoms with Gasteiger partial charge >= 0.3 is 11.9 Å². The fourth-order valence-corrected chi connectivity index (χ4v) is 4.31. The average Bonchev–Trinajstić information content (AvgIpc) is 2.75. The van der Waals surface area contributed by atoms with E-state index >= 15 is 0 Å². The molecule has 1 saturated carbocycles. The van der Waals surface area contributed by atoms with E-state index in [1.165, 1.54) is 7.11 Å². The second-order valence-corrected chi connectivity index (χ2v) is 10.4. The summed E-state index contributed by atoms with van der Waals surface area (Å²) in [6, 6.07) is 4.18. The highest BCUT2D eigenvalue weighted by atomic mass is 79.9. The Morgan fingerprint density at radius 2 is 1.85 bits per heavy atom. The van der Waals surface area contributed by atoms with Gasteiger partial charge in [-0.15, -0.1) is 10.2 Å². The Morgan fingerprint density at radius 1 is 1.15 bits per heavy atom. The molecule has 10 heteroatoms. The molecule has 2 rings (SSSR count). The van der Waals surface area contributed by atoms with Gasteiger partial charge in [-0.3, -0.25) is 14.5 Å². The van der Waals surface area contributed by atoms with Gasteiger partial charge in [-0.25, -0.2) is 0 Å². The van der Waals surface area contributed by atoms with Gasteiger partial charge in [0.15, 0.2) is 5.82 Å². The number of esters is 2. The summed E-state index contributed by atoms with van der Waals surface area (Å²) in [5.74, 6) is 0.922. The van der Waals surface area contributed by atoms with Crippen molar-refractivity contribution in [3.8, 4) is 0 Å². The van der Waals surface area contributed by atoms with E-state index in [1.807, 2.05) is 40.0 Å². The van der Waals surface area contributed by atoms with Gasteiger partial charge in [-0.2, -0.15) is 0 Å².